The van der Waals surface area contributed by atoms with E-state index in [9.17, 15) is 10.1 Å². The summed E-state index contributed by atoms with van der Waals surface area (Å²) in [5.74, 6) is 0.358. The van der Waals surface area contributed by atoms with Gasteiger partial charge in [0.25, 0.3) is 0 Å². The van der Waals surface area contributed by atoms with Gasteiger partial charge in [-0.3, -0.25) is 0 Å². The first kappa shape index (κ1) is 18.9. The number of aromatic nitrogens is 1. The molecule has 3 aromatic rings. The van der Waals surface area contributed by atoms with E-state index in [0.29, 0.717) is 23.2 Å². The Kier molecular flexibility index (Phi) is 6.06. The Morgan fingerprint density at radius 3 is 2.70 bits per heavy atom. The minimum atomic E-state index is -0.707. The summed E-state index contributed by atoms with van der Waals surface area (Å²) in [5.41, 5.74) is 5.57. The number of nitrogens with zero attached hydrogens (tertiary/aromatic N) is 2. The number of carbonyl (C=O) groups is 1. The fourth-order valence-corrected chi connectivity index (χ4v) is 4.16. The number of rotatable bonds is 7. The molecule has 0 unspecified atom stereocenters. The third-order valence-electron chi connectivity index (χ3n) is 3.55. The number of esters is 1. The van der Waals surface area contributed by atoms with Crippen molar-refractivity contribution in [2.45, 2.75) is 19.8 Å². The SMILES string of the molecule is CCCCOc1ccc(OC(=O)/C(C#N)=C/c2cc3sc(N)nc3s2)cc1. The maximum absolute atomic E-state index is 12.3. The van der Waals surface area contributed by atoms with Crippen LogP contribution in [-0.2, 0) is 4.79 Å². The molecule has 2 aromatic heterocycles. The van der Waals surface area contributed by atoms with Crippen molar-refractivity contribution in [3.05, 3.63) is 40.8 Å². The molecule has 3 rings (SSSR count). The molecular formula is C19H17N3O3S2. The molecule has 138 valence electrons. The summed E-state index contributed by atoms with van der Waals surface area (Å²) in [6.45, 7) is 2.74. The lowest BCUT2D eigenvalue weighted by atomic mass is 10.2. The van der Waals surface area contributed by atoms with E-state index in [0.717, 1.165) is 27.2 Å². The van der Waals surface area contributed by atoms with Gasteiger partial charge in [-0.25, -0.2) is 9.78 Å². The lowest BCUT2D eigenvalue weighted by Gasteiger charge is -2.07. The van der Waals surface area contributed by atoms with E-state index >= 15 is 0 Å². The number of hydrogen-bond donors (Lipinski definition) is 1. The molecule has 6 nitrogen and oxygen atoms in total. The van der Waals surface area contributed by atoms with E-state index in [1.165, 1.54) is 28.7 Å². The highest BCUT2D eigenvalue weighted by Crippen LogP contribution is 2.32. The largest absolute Gasteiger partial charge is 0.494 e. The molecule has 0 saturated heterocycles. The molecule has 0 bridgehead atoms. The predicted molar refractivity (Wildman–Crippen MR) is 108 cm³/mol. The van der Waals surface area contributed by atoms with E-state index in [-0.39, 0.29) is 5.57 Å². The smallest absolute Gasteiger partial charge is 0.354 e. The Hall–Kier alpha value is -2.89. The first-order valence-electron chi connectivity index (χ1n) is 8.31. The van der Waals surface area contributed by atoms with Gasteiger partial charge < -0.3 is 15.2 Å². The second-order valence-electron chi connectivity index (χ2n) is 5.60. The highest BCUT2D eigenvalue weighted by molar-refractivity contribution is 7.29. The Balaban J connectivity index is 1.67. The minimum absolute atomic E-state index is 0.0832. The number of benzene rings is 1. The van der Waals surface area contributed by atoms with Crippen molar-refractivity contribution in [1.29, 1.82) is 5.26 Å². The molecule has 0 aliphatic rings. The maximum atomic E-state index is 12.3. The van der Waals surface area contributed by atoms with Gasteiger partial charge in [-0.15, -0.1) is 11.3 Å². The second kappa shape index (κ2) is 8.66. The topological polar surface area (TPSA) is 98.2 Å². The summed E-state index contributed by atoms with van der Waals surface area (Å²) in [6.07, 6.45) is 3.54. The second-order valence-corrected chi connectivity index (χ2v) is 7.73. The van der Waals surface area contributed by atoms with Crippen LogP contribution in [0.2, 0.25) is 0 Å². The normalized spacial score (nSPS) is 11.3. The molecule has 0 atom stereocenters. The van der Waals surface area contributed by atoms with Crippen LogP contribution in [0.1, 0.15) is 24.6 Å². The van der Waals surface area contributed by atoms with Crippen LogP contribution in [0.4, 0.5) is 5.13 Å². The van der Waals surface area contributed by atoms with Gasteiger partial charge in [0, 0.05) is 4.88 Å². The van der Waals surface area contributed by atoms with Crippen LogP contribution in [0.15, 0.2) is 35.9 Å². The number of fused-ring (bicyclic) bond motifs is 1. The standard InChI is InChI=1S/C19H17N3O3S2/c1-2-3-8-24-13-4-6-14(7-5-13)25-18(23)12(11-20)9-15-10-16-17(26-15)22-19(21)27-16/h4-7,9-10H,2-3,8H2,1H3,(H2,21,22)/b12-9+. The molecule has 0 spiro atoms. The maximum Gasteiger partial charge on any atom is 0.354 e. The number of nitrogen functional groups attached to an aromatic ring is 1. The third-order valence-corrected chi connectivity index (χ3v) is 5.49. The summed E-state index contributed by atoms with van der Waals surface area (Å²) in [5, 5.41) is 9.80. The number of carbonyl (C=O) groups excluding carboxylic acids is 1. The number of anilines is 1. The van der Waals surface area contributed by atoms with E-state index in [1.54, 1.807) is 24.3 Å². The van der Waals surface area contributed by atoms with Crippen LogP contribution in [0, 0.1) is 11.3 Å². The van der Waals surface area contributed by atoms with Crippen molar-refractivity contribution in [1.82, 2.24) is 4.98 Å². The van der Waals surface area contributed by atoms with Crippen LogP contribution in [0.3, 0.4) is 0 Å². The molecule has 0 saturated carbocycles. The van der Waals surface area contributed by atoms with Gasteiger partial charge >= 0.3 is 5.97 Å². The summed E-state index contributed by atoms with van der Waals surface area (Å²) < 4.78 is 11.8. The zero-order valence-corrected chi connectivity index (χ0v) is 16.2. The first-order valence-corrected chi connectivity index (χ1v) is 9.95. The number of hydrogen-bond acceptors (Lipinski definition) is 8. The van der Waals surface area contributed by atoms with Crippen molar-refractivity contribution >= 4 is 49.4 Å². The molecule has 0 radical (unpaired) electrons. The molecular weight excluding hydrogens is 382 g/mol. The van der Waals surface area contributed by atoms with Gasteiger partial charge in [0.15, 0.2) is 5.13 Å². The Morgan fingerprint density at radius 1 is 1.30 bits per heavy atom. The van der Waals surface area contributed by atoms with Crippen LogP contribution in [-0.4, -0.2) is 17.6 Å². The Morgan fingerprint density at radius 2 is 2.04 bits per heavy atom. The molecule has 2 heterocycles. The van der Waals surface area contributed by atoms with Crippen LogP contribution in [0.5, 0.6) is 11.5 Å². The molecule has 0 aliphatic carbocycles. The fourth-order valence-electron chi connectivity index (χ4n) is 2.22. The number of ether oxygens (including phenoxy) is 2. The molecule has 0 aliphatic heterocycles. The lowest BCUT2D eigenvalue weighted by Crippen LogP contribution is -2.10. The number of nitrogens with two attached hydrogens (primary N) is 1. The average molecular weight is 399 g/mol. The molecule has 1 aromatic carbocycles. The van der Waals surface area contributed by atoms with Crippen LogP contribution in [0.25, 0.3) is 15.6 Å². The van der Waals surface area contributed by atoms with Gasteiger partial charge in [0.2, 0.25) is 0 Å². The van der Waals surface area contributed by atoms with Gasteiger partial charge in [0.05, 0.1) is 11.3 Å². The van der Waals surface area contributed by atoms with Gasteiger partial charge in [-0.1, -0.05) is 24.7 Å². The summed E-state index contributed by atoms with van der Waals surface area (Å²) >= 11 is 2.73. The molecule has 0 amide bonds. The van der Waals surface area contributed by atoms with Crippen LogP contribution < -0.4 is 15.2 Å². The zero-order chi connectivity index (χ0) is 19.2. The van der Waals surface area contributed by atoms with Crippen molar-refractivity contribution < 1.29 is 14.3 Å². The first-order chi connectivity index (χ1) is 13.1. The van der Waals surface area contributed by atoms with Crippen molar-refractivity contribution in [2.24, 2.45) is 0 Å². The highest BCUT2D eigenvalue weighted by Gasteiger charge is 2.14. The van der Waals surface area contributed by atoms with Crippen molar-refractivity contribution in [3.63, 3.8) is 0 Å². The van der Waals surface area contributed by atoms with Crippen molar-refractivity contribution in [2.75, 3.05) is 12.3 Å². The minimum Gasteiger partial charge on any atom is -0.494 e. The summed E-state index contributed by atoms with van der Waals surface area (Å²) in [4.78, 5) is 18.0. The lowest BCUT2D eigenvalue weighted by molar-refractivity contribution is -0.129. The Bertz CT molecular complexity index is 982. The number of nitriles is 1. The summed E-state index contributed by atoms with van der Waals surface area (Å²) in [7, 11) is 0. The van der Waals surface area contributed by atoms with Gasteiger partial charge in [0.1, 0.15) is 28.0 Å². The molecule has 27 heavy (non-hydrogen) atoms. The third kappa shape index (κ3) is 4.84. The average Bonchev–Trinajstić information content (AvgIpc) is 3.18. The number of thiophene rings is 1. The predicted octanol–water partition coefficient (Wildman–Crippen LogP) is 4.63. The fraction of sp³-hybridized carbons (Fsp3) is 0.211. The van der Waals surface area contributed by atoms with Crippen molar-refractivity contribution in [3.8, 4) is 17.6 Å². The summed E-state index contributed by atoms with van der Waals surface area (Å²) in [6, 6.07) is 10.5. The zero-order valence-electron chi connectivity index (χ0n) is 14.6. The monoisotopic (exact) mass is 399 g/mol. The van der Waals surface area contributed by atoms with E-state index < -0.39 is 5.97 Å². The molecule has 2 N–H and O–H groups in total. The van der Waals surface area contributed by atoms with E-state index in [1.807, 2.05) is 12.1 Å². The molecule has 0 fully saturated rings. The van der Waals surface area contributed by atoms with Gasteiger partial charge in [-0.2, -0.15) is 5.26 Å². The van der Waals surface area contributed by atoms with E-state index in [4.69, 9.17) is 15.2 Å². The highest BCUT2D eigenvalue weighted by atomic mass is 32.1. The van der Waals surface area contributed by atoms with Gasteiger partial charge in [-0.05, 0) is 42.8 Å². The van der Waals surface area contributed by atoms with Crippen LogP contribution >= 0.6 is 22.7 Å². The number of thiazole rings is 1. The number of unbranched alkanes of at least 4 members (excludes halogenated alkanes) is 1. The quantitative estimate of drug-likeness (QED) is 0.204. The molecule has 8 heteroatoms. The van der Waals surface area contributed by atoms with E-state index in [2.05, 4.69) is 11.9 Å². The Labute approximate surface area is 164 Å².